The maximum Gasteiger partial charge on any atom is 0.269 e. The van der Waals surface area contributed by atoms with Gasteiger partial charge in [0.25, 0.3) is 11.6 Å². The highest BCUT2D eigenvalue weighted by molar-refractivity contribution is 6.04. The minimum Gasteiger partial charge on any atom is -0.468 e. The molecule has 3 rings (SSSR count). The lowest BCUT2D eigenvalue weighted by atomic mass is 9.95. The highest BCUT2D eigenvalue weighted by atomic mass is 16.6. The molecule has 2 atom stereocenters. The van der Waals surface area contributed by atoms with Crippen molar-refractivity contribution in [3.8, 4) is 0 Å². The van der Waals surface area contributed by atoms with Crippen molar-refractivity contribution in [3.63, 3.8) is 0 Å². The lowest BCUT2D eigenvalue weighted by molar-refractivity contribution is -0.384. The van der Waals surface area contributed by atoms with Gasteiger partial charge in [-0.05, 0) is 18.2 Å². The van der Waals surface area contributed by atoms with Crippen LogP contribution in [0.3, 0.4) is 0 Å². The van der Waals surface area contributed by atoms with Crippen molar-refractivity contribution in [1.29, 1.82) is 0 Å². The third kappa shape index (κ3) is 2.11. The van der Waals surface area contributed by atoms with E-state index in [-0.39, 0.29) is 29.5 Å². The van der Waals surface area contributed by atoms with Gasteiger partial charge in [-0.2, -0.15) is 4.99 Å². The molecular formula is C14H10N2O4. The van der Waals surface area contributed by atoms with Gasteiger partial charge in [0.05, 0.1) is 10.8 Å². The van der Waals surface area contributed by atoms with E-state index >= 15 is 0 Å². The number of nitro benzene ring substituents is 1. The Kier molecular flexibility index (Phi) is 2.90. The Labute approximate surface area is 114 Å². The zero-order valence-corrected chi connectivity index (χ0v) is 10.3. The van der Waals surface area contributed by atoms with Crippen LogP contribution in [0.4, 0.5) is 5.69 Å². The molecule has 0 bridgehead atoms. The van der Waals surface area contributed by atoms with Gasteiger partial charge in [0.15, 0.2) is 0 Å². The molecule has 0 aromatic heterocycles. The van der Waals surface area contributed by atoms with Crippen molar-refractivity contribution in [2.24, 2.45) is 10.9 Å². The second-order valence-corrected chi connectivity index (χ2v) is 4.44. The molecule has 1 aliphatic heterocycles. The Balaban J connectivity index is 1.90. The molecule has 6 nitrogen and oxygen atoms in total. The summed E-state index contributed by atoms with van der Waals surface area (Å²) in [6, 6.07) is 5.75. The van der Waals surface area contributed by atoms with Crippen LogP contribution >= 0.6 is 0 Å². The Morgan fingerprint density at radius 1 is 1.15 bits per heavy atom. The summed E-state index contributed by atoms with van der Waals surface area (Å²) < 4.78 is 5.67. The molecule has 100 valence electrons. The first kappa shape index (κ1) is 12.3. The van der Waals surface area contributed by atoms with E-state index < -0.39 is 4.92 Å². The van der Waals surface area contributed by atoms with E-state index in [4.69, 9.17) is 4.74 Å². The second kappa shape index (κ2) is 4.73. The fraction of sp³-hybridized carbons (Fsp3) is 0.143. The molecule has 0 spiro atoms. The number of carbonyl (C=O) groups excluding carboxylic acids is 1. The van der Waals surface area contributed by atoms with Crippen LogP contribution in [0.1, 0.15) is 5.56 Å². The highest BCUT2D eigenvalue weighted by Gasteiger charge is 2.33. The molecule has 1 aliphatic carbocycles. The minimum atomic E-state index is -0.483. The van der Waals surface area contributed by atoms with Gasteiger partial charge in [0.1, 0.15) is 6.10 Å². The molecule has 0 radical (unpaired) electrons. The van der Waals surface area contributed by atoms with Crippen LogP contribution in [0, 0.1) is 16.0 Å². The zero-order valence-electron chi connectivity index (χ0n) is 10.3. The van der Waals surface area contributed by atoms with Gasteiger partial charge in [-0.3, -0.25) is 14.9 Å². The largest absolute Gasteiger partial charge is 0.468 e. The van der Waals surface area contributed by atoms with Gasteiger partial charge >= 0.3 is 0 Å². The van der Waals surface area contributed by atoms with Crippen LogP contribution < -0.4 is 0 Å². The summed E-state index contributed by atoms with van der Waals surface area (Å²) in [6.45, 7) is 0. The Bertz CT molecular complexity index is 658. The smallest absolute Gasteiger partial charge is 0.269 e. The molecule has 0 N–H and O–H groups in total. The average Bonchev–Trinajstić information content (AvgIpc) is 2.47. The maximum absolute atomic E-state index is 11.9. The number of nitrogens with zero attached hydrogens (tertiary/aromatic N) is 2. The van der Waals surface area contributed by atoms with E-state index in [0.29, 0.717) is 5.56 Å². The molecule has 0 saturated carbocycles. The van der Waals surface area contributed by atoms with Gasteiger partial charge in [0.2, 0.25) is 5.90 Å². The van der Waals surface area contributed by atoms with E-state index in [0.717, 1.165) is 0 Å². The highest BCUT2D eigenvalue weighted by Crippen LogP contribution is 2.24. The molecule has 2 unspecified atom stereocenters. The summed E-state index contributed by atoms with van der Waals surface area (Å²) in [7, 11) is 0. The molecule has 6 heteroatoms. The third-order valence-electron chi connectivity index (χ3n) is 3.15. The Hall–Kier alpha value is -2.76. The predicted octanol–water partition coefficient (Wildman–Crippen LogP) is 2.01. The summed E-state index contributed by atoms with van der Waals surface area (Å²) in [5, 5.41) is 10.6. The van der Waals surface area contributed by atoms with Gasteiger partial charge < -0.3 is 4.74 Å². The molecule has 1 amide bonds. The SMILES string of the molecule is O=C1N=C(c2ccc([N+](=O)[O-])cc2)OC2C=CC=CC12. The molecule has 0 fully saturated rings. The first-order valence-corrected chi connectivity index (χ1v) is 6.04. The molecule has 0 saturated heterocycles. The Morgan fingerprint density at radius 2 is 1.85 bits per heavy atom. The number of ether oxygens (including phenoxy) is 1. The molecule has 1 aromatic carbocycles. The van der Waals surface area contributed by atoms with Gasteiger partial charge in [-0.15, -0.1) is 0 Å². The lowest BCUT2D eigenvalue weighted by Crippen LogP contribution is -2.35. The number of hydrogen-bond donors (Lipinski definition) is 0. The van der Waals surface area contributed by atoms with Gasteiger partial charge in [-0.1, -0.05) is 18.2 Å². The molecule has 1 heterocycles. The lowest BCUT2D eigenvalue weighted by Gasteiger charge is -2.27. The van der Waals surface area contributed by atoms with Crippen molar-refractivity contribution in [2.45, 2.75) is 6.10 Å². The predicted molar refractivity (Wildman–Crippen MR) is 71.3 cm³/mol. The number of carbonyl (C=O) groups is 1. The quantitative estimate of drug-likeness (QED) is 0.608. The normalized spacial score (nSPS) is 23.8. The van der Waals surface area contributed by atoms with Crippen molar-refractivity contribution < 1.29 is 14.5 Å². The number of aliphatic imine (C=N–C) groups is 1. The van der Waals surface area contributed by atoms with Crippen molar-refractivity contribution >= 4 is 17.5 Å². The average molecular weight is 270 g/mol. The first-order valence-electron chi connectivity index (χ1n) is 6.04. The summed E-state index contributed by atoms with van der Waals surface area (Å²) in [4.78, 5) is 26.0. The maximum atomic E-state index is 11.9. The van der Waals surface area contributed by atoms with E-state index in [2.05, 4.69) is 4.99 Å². The van der Waals surface area contributed by atoms with Crippen LogP contribution in [0.5, 0.6) is 0 Å². The van der Waals surface area contributed by atoms with Crippen LogP contribution in [-0.2, 0) is 9.53 Å². The third-order valence-corrected chi connectivity index (χ3v) is 3.15. The number of fused-ring (bicyclic) bond motifs is 1. The number of nitro groups is 1. The number of benzene rings is 1. The monoisotopic (exact) mass is 270 g/mol. The van der Waals surface area contributed by atoms with Crippen LogP contribution in [0.15, 0.2) is 53.6 Å². The summed E-state index contributed by atoms with van der Waals surface area (Å²) in [5.41, 5.74) is 0.528. The number of hydrogen-bond acceptors (Lipinski definition) is 4. The van der Waals surface area contributed by atoms with Crippen LogP contribution in [-0.4, -0.2) is 22.8 Å². The summed E-state index contributed by atoms with van der Waals surface area (Å²) in [6.07, 6.45) is 6.78. The van der Waals surface area contributed by atoms with Crippen molar-refractivity contribution in [1.82, 2.24) is 0 Å². The Morgan fingerprint density at radius 3 is 2.55 bits per heavy atom. The second-order valence-electron chi connectivity index (χ2n) is 4.44. The van der Waals surface area contributed by atoms with E-state index in [1.54, 1.807) is 18.2 Å². The van der Waals surface area contributed by atoms with Gasteiger partial charge in [0, 0.05) is 17.7 Å². The number of rotatable bonds is 2. The molecule has 2 aliphatic rings. The van der Waals surface area contributed by atoms with E-state index in [9.17, 15) is 14.9 Å². The standard InChI is InChI=1S/C14H10N2O4/c17-13-11-3-1-2-4-12(11)20-14(15-13)9-5-7-10(8-6-9)16(18)19/h1-8,11-12H. The zero-order chi connectivity index (χ0) is 14.1. The number of non-ortho nitro benzene ring substituents is 1. The number of amides is 1. The van der Waals surface area contributed by atoms with Crippen LogP contribution in [0.2, 0.25) is 0 Å². The van der Waals surface area contributed by atoms with Gasteiger partial charge in [-0.25, -0.2) is 0 Å². The van der Waals surface area contributed by atoms with E-state index in [1.165, 1.54) is 24.3 Å². The van der Waals surface area contributed by atoms with Crippen molar-refractivity contribution in [2.75, 3.05) is 0 Å². The topological polar surface area (TPSA) is 81.8 Å². The minimum absolute atomic E-state index is 0.0186. The summed E-state index contributed by atoms with van der Waals surface area (Å²) in [5.74, 6) is -0.455. The fourth-order valence-corrected chi connectivity index (χ4v) is 2.11. The molecular weight excluding hydrogens is 260 g/mol. The van der Waals surface area contributed by atoms with Crippen LogP contribution in [0.25, 0.3) is 0 Å². The van der Waals surface area contributed by atoms with E-state index in [1.807, 2.05) is 6.08 Å². The number of allylic oxidation sites excluding steroid dienone is 2. The van der Waals surface area contributed by atoms with Crippen molar-refractivity contribution in [3.05, 3.63) is 64.2 Å². The molecule has 1 aromatic rings. The first-order chi connectivity index (χ1) is 9.65. The summed E-state index contributed by atoms with van der Waals surface area (Å²) >= 11 is 0. The molecule has 20 heavy (non-hydrogen) atoms. The fourth-order valence-electron chi connectivity index (χ4n) is 2.11.